The lowest BCUT2D eigenvalue weighted by Crippen LogP contribution is -2.14. The molecule has 1 aliphatic carbocycles. The number of aromatic nitrogens is 3. The minimum absolute atomic E-state index is 0.155. The van der Waals surface area contributed by atoms with E-state index in [1.165, 1.54) is 28.0 Å². The van der Waals surface area contributed by atoms with Gasteiger partial charge < -0.3 is 5.32 Å². The van der Waals surface area contributed by atoms with Crippen LogP contribution < -0.4 is 10.7 Å². The van der Waals surface area contributed by atoms with Crippen LogP contribution in [0.4, 0.5) is 10.9 Å². The third-order valence-electron chi connectivity index (χ3n) is 4.54. The number of thiophene rings is 2. The Morgan fingerprint density at radius 2 is 2.30 bits per heavy atom. The maximum Gasteiger partial charge on any atom is 0.240 e. The Morgan fingerprint density at radius 1 is 1.43 bits per heavy atom. The van der Waals surface area contributed by atoms with Gasteiger partial charge in [-0.3, -0.25) is 4.79 Å². The predicted molar refractivity (Wildman–Crippen MR) is 122 cm³/mol. The SMILES string of the molecule is C/C(=N/Nc1nc(SCC(=O)Nc2sc3c(c2C#N)CCCC3)n[nH]1)c1cccs1. The van der Waals surface area contributed by atoms with Crippen molar-refractivity contribution in [2.75, 3.05) is 16.5 Å². The molecule has 0 fully saturated rings. The van der Waals surface area contributed by atoms with Gasteiger partial charge in [-0.25, -0.2) is 10.5 Å². The number of rotatable bonds is 7. The van der Waals surface area contributed by atoms with Crippen molar-refractivity contribution in [3.8, 4) is 6.07 Å². The first-order chi connectivity index (χ1) is 14.6. The summed E-state index contributed by atoms with van der Waals surface area (Å²) in [5.41, 5.74) is 5.42. The number of aromatic amines is 1. The summed E-state index contributed by atoms with van der Waals surface area (Å²) in [7, 11) is 0. The van der Waals surface area contributed by atoms with E-state index in [0.717, 1.165) is 41.8 Å². The van der Waals surface area contributed by atoms with Gasteiger partial charge in [0, 0.05) is 9.75 Å². The van der Waals surface area contributed by atoms with Crippen molar-refractivity contribution in [2.45, 2.75) is 37.8 Å². The molecule has 0 radical (unpaired) electrons. The van der Waals surface area contributed by atoms with Gasteiger partial charge in [0.2, 0.25) is 17.0 Å². The molecule has 11 heteroatoms. The highest BCUT2D eigenvalue weighted by molar-refractivity contribution is 7.99. The Balaban J connectivity index is 1.31. The first-order valence-electron chi connectivity index (χ1n) is 9.38. The van der Waals surface area contributed by atoms with E-state index in [1.807, 2.05) is 24.4 Å². The van der Waals surface area contributed by atoms with E-state index in [1.54, 1.807) is 11.3 Å². The van der Waals surface area contributed by atoms with Crippen LogP contribution in [-0.2, 0) is 17.6 Å². The average molecular weight is 458 g/mol. The van der Waals surface area contributed by atoms with Crippen LogP contribution in [0, 0.1) is 11.3 Å². The largest absolute Gasteiger partial charge is 0.316 e. The number of hydrogen-bond acceptors (Lipinski definition) is 9. The number of aryl methyl sites for hydroxylation is 1. The van der Waals surface area contributed by atoms with Gasteiger partial charge in [-0.2, -0.15) is 15.3 Å². The zero-order valence-electron chi connectivity index (χ0n) is 16.2. The topological polar surface area (TPSA) is 119 Å². The maximum absolute atomic E-state index is 12.4. The lowest BCUT2D eigenvalue weighted by molar-refractivity contribution is -0.113. The summed E-state index contributed by atoms with van der Waals surface area (Å²) in [5.74, 6) is 0.384. The molecule has 0 saturated carbocycles. The molecule has 3 aromatic rings. The molecule has 0 aliphatic heterocycles. The first kappa shape index (κ1) is 20.6. The number of thioether (sulfide) groups is 1. The summed E-state index contributed by atoms with van der Waals surface area (Å²) in [6, 6.07) is 6.22. The maximum atomic E-state index is 12.4. The fraction of sp³-hybridized carbons (Fsp3) is 0.316. The zero-order chi connectivity index (χ0) is 20.9. The highest BCUT2D eigenvalue weighted by Gasteiger charge is 2.22. The Bertz CT molecular complexity index is 1110. The molecule has 0 unspecified atom stereocenters. The lowest BCUT2D eigenvalue weighted by atomic mass is 9.96. The molecule has 0 aromatic carbocycles. The number of hydrazone groups is 1. The fourth-order valence-electron chi connectivity index (χ4n) is 3.10. The number of fused-ring (bicyclic) bond motifs is 1. The van der Waals surface area contributed by atoms with Crippen molar-refractivity contribution in [1.82, 2.24) is 15.2 Å². The van der Waals surface area contributed by atoms with E-state index in [2.05, 4.69) is 37.1 Å². The molecule has 4 rings (SSSR count). The average Bonchev–Trinajstić information content (AvgIpc) is 3.50. The quantitative estimate of drug-likeness (QED) is 0.277. The summed E-state index contributed by atoms with van der Waals surface area (Å²) >= 11 is 4.35. The van der Waals surface area contributed by atoms with Crippen LogP contribution in [0.3, 0.4) is 0 Å². The summed E-state index contributed by atoms with van der Waals surface area (Å²) in [6.07, 6.45) is 4.14. The monoisotopic (exact) mass is 457 g/mol. The number of hydrogen-bond donors (Lipinski definition) is 3. The number of amides is 1. The number of anilines is 2. The normalized spacial score (nSPS) is 13.5. The van der Waals surface area contributed by atoms with Crippen molar-refractivity contribution in [3.63, 3.8) is 0 Å². The van der Waals surface area contributed by atoms with Crippen molar-refractivity contribution in [2.24, 2.45) is 5.10 Å². The number of nitrogens with one attached hydrogen (secondary N) is 3. The van der Waals surface area contributed by atoms with E-state index in [9.17, 15) is 10.1 Å². The van der Waals surface area contributed by atoms with E-state index in [4.69, 9.17) is 0 Å². The van der Waals surface area contributed by atoms with Crippen LogP contribution in [0.25, 0.3) is 0 Å². The molecule has 0 atom stereocenters. The highest BCUT2D eigenvalue weighted by Crippen LogP contribution is 2.37. The van der Waals surface area contributed by atoms with Gasteiger partial charge in [0.15, 0.2) is 0 Å². The summed E-state index contributed by atoms with van der Waals surface area (Å²) in [5, 5.41) is 26.6. The van der Waals surface area contributed by atoms with Gasteiger partial charge in [-0.15, -0.1) is 27.8 Å². The second kappa shape index (κ2) is 9.42. The van der Waals surface area contributed by atoms with Crippen LogP contribution in [-0.4, -0.2) is 32.6 Å². The van der Waals surface area contributed by atoms with E-state index >= 15 is 0 Å². The van der Waals surface area contributed by atoms with E-state index < -0.39 is 0 Å². The van der Waals surface area contributed by atoms with Crippen molar-refractivity contribution in [3.05, 3.63) is 38.4 Å². The molecule has 0 spiro atoms. The zero-order valence-corrected chi connectivity index (χ0v) is 18.6. The molecule has 1 aliphatic rings. The second-order valence-corrected chi connectivity index (χ2v) is 9.61. The van der Waals surface area contributed by atoms with Crippen LogP contribution >= 0.6 is 34.4 Å². The third-order valence-corrected chi connectivity index (χ3v) is 7.57. The second-order valence-electron chi connectivity index (χ2n) is 6.62. The molecular weight excluding hydrogens is 438 g/mol. The molecule has 3 N–H and O–H groups in total. The van der Waals surface area contributed by atoms with Crippen LogP contribution in [0.2, 0.25) is 0 Å². The van der Waals surface area contributed by atoms with Gasteiger partial charge in [0.25, 0.3) is 0 Å². The Kier molecular flexibility index (Phi) is 6.47. The Labute approximate surface area is 185 Å². The fourth-order valence-corrected chi connectivity index (χ4v) is 5.63. The van der Waals surface area contributed by atoms with Gasteiger partial charge in [-0.1, -0.05) is 17.8 Å². The number of nitrogens with zero attached hydrogens (tertiary/aromatic N) is 4. The van der Waals surface area contributed by atoms with E-state index in [0.29, 0.717) is 21.7 Å². The summed E-state index contributed by atoms with van der Waals surface area (Å²) < 4.78 is 0. The minimum Gasteiger partial charge on any atom is -0.316 e. The Hall–Kier alpha value is -2.68. The van der Waals surface area contributed by atoms with Crippen LogP contribution in [0.5, 0.6) is 0 Å². The predicted octanol–water partition coefficient (Wildman–Crippen LogP) is 4.25. The lowest BCUT2D eigenvalue weighted by Gasteiger charge is -2.09. The smallest absolute Gasteiger partial charge is 0.240 e. The van der Waals surface area contributed by atoms with Crippen molar-refractivity contribution < 1.29 is 4.79 Å². The molecule has 3 heterocycles. The van der Waals surface area contributed by atoms with Gasteiger partial charge in [0.1, 0.15) is 11.1 Å². The van der Waals surface area contributed by atoms with Crippen molar-refractivity contribution in [1.29, 1.82) is 5.26 Å². The summed E-state index contributed by atoms with van der Waals surface area (Å²) in [6.45, 7) is 1.91. The molecule has 154 valence electrons. The molecule has 3 aromatic heterocycles. The van der Waals surface area contributed by atoms with Gasteiger partial charge >= 0.3 is 0 Å². The standard InChI is InChI=1S/C19H19N7OS3/c1-11(14-7-4-8-28-14)23-24-18-22-19(26-25-18)29-10-16(27)21-17-13(9-20)12-5-2-3-6-15(12)30-17/h4,7-8H,2-3,5-6,10H2,1H3,(H,21,27)(H2,22,24,25,26)/b23-11-. The molecular formula is C19H19N7OS3. The Morgan fingerprint density at radius 3 is 3.10 bits per heavy atom. The van der Waals surface area contributed by atoms with Crippen LogP contribution in [0.15, 0.2) is 27.8 Å². The molecule has 0 bridgehead atoms. The number of carbonyl (C=O) groups excluding carboxylic acids is 1. The summed E-state index contributed by atoms with van der Waals surface area (Å²) in [4.78, 5) is 19.0. The van der Waals surface area contributed by atoms with Crippen molar-refractivity contribution >= 4 is 57.0 Å². The molecule has 0 saturated heterocycles. The van der Waals surface area contributed by atoms with Crippen LogP contribution in [0.1, 0.15) is 40.6 Å². The highest BCUT2D eigenvalue weighted by atomic mass is 32.2. The minimum atomic E-state index is -0.180. The third kappa shape index (κ3) is 4.72. The van der Waals surface area contributed by atoms with E-state index in [-0.39, 0.29) is 11.7 Å². The number of H-pyrrole nitrogens is 1. The number of nitriles is 1. The van der Waals surface area contributed by atoms with Gasteiger partial charge in [0.05, 0.1) is 17.0 Å². The molecule has 8 nitrogen and oxygen atoms in total. The number of carbonyl (C=O) groups is 1. The first-order valence-corrected chi connectivity index (χ1v) is 12.1. The van der Waals surface area contributed by atoms with Gasteiger partial charge in [-0.05, 0) is 49.6 Å². The molecule has 1 amide bonds. The molecule has 30 heavy (non-hydrogen) atoms.